The Morgan fingerprint density at radius 3 is 2.31 bits per heavy atom. The Hall–Kier alpha value is -1.71. The highest BCUT2D eigenvalue weighted by Crippen LogP contribution is 2.04. The van der Waals surface area contributed by atoms with Crippen LogP contribution in [0.5, 0.6) is 0 Å². The summed E-state index contributed by atoms with van der Waals surface area (Å²) < 4.78 is 4.07. The number of imidazole rings is 1. The Labute approximate surface area is 95.6 Å². The summed E-state index contributed by atoms with van der Waals surface area (Å²) in [6.07, 6.45) is 6.03. The highest BCUT2D eigenvalue weighted by molar-refractivity contribution is 5.17. The SMILES string of the molecule is Cc1cc(C)nc(-n2cc[n+](C(C)C)c2)n1. The molecule has 0 aliphatic carbocycles. The van der Waals surface area contributed by atoms with Crippen molar-refractivity contribution in [3.8, 4) is 5.95 Å². The van der Waals surface area contributed by atoms with Crippen molar-refractivity contribution in [2.75, 3.05) is 0 Å². The Bertz CT molecular complexity index is 479. The number of nitrogens with zero attached hydrogens (tertiary/aromatic N) is 4. The zero-order valence-electron chi connectivity index (χ0n) is 10.2. The van der Waals surface area contributed by atoms with E-state index in [4.69, 9.17) is 0 Å². The standard InChI is InChI=1S/C12H17N4/c1-9(2)15-5-6-16(8-15)12-13-10(3)7-11(4)14-12/h5-9H,1-4H3/q+1. The third kappa shape index (κ3) is 2.10. The molecule has 0 amide bonds. The molecule has 0 unspecified atom stereocenters. The molecule has 0 aromatic carbocycles. The quantitative estimate of drug-likeness (QED) is 0.718. The number of rotatable bonds is 2. The molecule has 4 heteroatoms. The van der Waals surface area contributed by atoms with Crippen LogP contribution < -0.4 is 4.57 Å². The van der Waals surface area contributed by atoms with E-state index in [1.165, 1.54) is 0 Å². The second-order valence-electron chi connectivity index (χ2n) is 4.31. The largest absolute Gasteiger partial charge is 0.326 e. The number of hydrogen-bond acceptors (Lipinski definition) is 2. The molecule has 0 bridgehead atoms. The molecule has 0 fully saturated rings. The summed E-state index contributed by atoms with van der Waals surface area (Å²) in [4.78, 5) is 8.83. The van der Waals surface area contributed by atoms with Gasteiger partial charge in [0.05, 0.1) is 6.04 Å². The maximum Gasteiger partial charge on any atom is 0.326 e. The molecule has 0 saturated heterocycles. The van der Waals surface area contributed by atoms with Crippen LogP contribution in [0, 0.1) is 13.8 Å². The predicted molar refractivity (Wildman–Crippen MR) is 61.4 cm³/mol. The maximum absolute atomic E-state index is 4.42. The van der Waals surface area contributed by atoms with E-state index in [1.807, 2.05) is 43.2 Å². The predicted octanol–water partition coefficient (Wildman–Crippen LogP) is 1.75. The van der Waals surface area contributed by atoms with Crippen LogP contribution in [0.3, 0.4) is 0 Å². The molecule has 0 atom stereocenters. The fourth-order valence-electron chi connectivity index (χ4n) is 1.62. The molecule has 2 aromatic heterocycles. The van der Waals surface area contributed by atoms with E-state index in [-0.39, 0.29) is 0 Å². The first-order chi connectivity index (χ1) is 7.56. The first kappa shape index (κ1) is 10.8. The van der Waals surface area contributed by atoms with Gasteiger partial charge >= 0.3 is 5.95 Å². The van der Waals surface area contributed by atoms with Gasteiger partial charge in [-0.15, -0.1) is 0 Å². The van der Waals surface area contributed by atoms with Crippen molar-refractivity contribution in [3.05, 3.63) is 36.2 Å². The zero-order valence-corrected chi connectivity index (χ0v) is 10.2. The summed E-state index contributed by atoms with van der Waals surface area (Å²) in [5.41, 5.74) is 1.99. The van der Waals surface area contributed by atoms with Crippen LogP contribution in [0.25, 0.3) is 5.95 Å². The molecule has 0 aliphatic heterocycles. The van der Waals surface area contributed by atoms with Crippen molar-refractivity contribution in [1.82, 2.24) is 14.5 Å². The van der Waals surface area contributed by atoms with Gasteiger partial charge in [0.2, 0.25) is 0 Å². The van der Waals surface area contributed by atoms with Gasteiger partial charge in [0.25, 0.3) is 6.33 Å². The van der Waals surface area contributed by atoms with Crippen LogP contribution in [0.2, 0.25) is 0 Å². The lowest BCUT2D eigenvalue weighted by Crippen LogP contribution is -2.33. The van der Waals surface area contributed by atoms with Crippen LogP contribution in [0.1, 0.15) is 31.3 Å². The summed E-state index contributed by atoms with van der Waals surface area (Å²) in [5, 5.41) is 0. The Kier molecular flexibility index (Phi) is 2.73. The van der Waals surface area contributed by atoms with Crippen molar-refractivity contribution in [1.29, 1.82) is 0 Å². The summed E-state index contributed by atoms with van der Waals surface area (Å²) in [6, 6.07) is 2.43. The molecular weight excluding hydrogens is 200 g/mol. The maximum atomic E-state index is 4.42. The minimum atomic E-state index is 0.451. The molecule has 0 radical (unpaired) electrons. The second-order valence-corrected chi connectivity index (χ2v) is 4.31. The second kappa shape index (κ2) is 4.04. The van der Waals surface area contributed by atoms with E-state index in [9.17, 15) is 0 Å². The van der Waals surface area contributed by atoms with Gasteiger partial charge in [0.15, 0.2) is 0 Å². The Balaban J connectivity index is 2.42. The van der Waals surface area contributed by atoms with Crippen LogP contribution in [-0.4, -0.2) is 14.5 Å². The molecule has 84 valence electrons. The molecule has 0 saturated carbocycles. The van der Waals surface area contributed by atoms with E-state index in [1.54, 1.807) is 0 Å². The molecule has 0 spiro atoms. The monoisotopic (exact) mass is 217 g/mol. The molecule has 2 rings (SSSR count). The molecule has 2 heterocycles. The lowest BCUT2D eigenvalue weighted by atomic mass is 10.4. The number of hydrogen-bond donors (Lipinski definition) is 0. The van der Waals surface area contributed by atoms with E-state index in [2.05, 4.69) is 28.4 Å². The van der Waals surface area contributed by atoms with E-state index >= 15 is 0 Å². The van der Waals surface area contributed by atoms with Crippen molar-refractivity contribution >= 4 is 0 Å². The first-order valence-corrected chi connectivity index (χ1v) is 5.47. The van der Waals surface area contributed by atoms with Crippen LogP contribution in [0.4, 0.5) is 0 Å². The van der Waals surface area contributed by atoms with Crippen molar-refractivity contribution in [2.24, 2.45) is 0 Å². The van der Waals surface area contributed by atoms with Gasteiger partial charge < -0.3 is 0 Å². The summed E-state index contributed by atoms with van der Waals surface area (Å²) >= 11 is 0. The highest BCUT2D eigenvalue weighted by Gasteiger charge is 2.11. The third-order valence-corrected chi connectivity index (χ3v) is 2.45. The molecule has 16 heavy (non-hydrogen) atoms. The molecular formula is C12H17N4+. The fourth-order valence-corrected chi connectivity index (χ4v) is 1.62. The third-order valence-electron chi connectivity index (χ3n) is 2.45. The van der Waals surface area contributed by atoms with Crippen LogP contribution in [-0.2, 0) is 0 Å². The fraction of sp³-hybridized carbons (Fsp3) is 0.417. The van der Waals surface area contributed by atoms with Gasteiger partial charge in [0.1, 0.15) is 12.4 Å². The van der Waals surface area contributed by atoms with Crippen molar-refractivity contribution < 1.29 is 4.57 Å². The van der Waals surface area contributed by atoms with E-state index in [0.717, 1.165) is 17.3 Å². The van der Waals surface area contributed by atoms with E-state index in [0.29, 0.717) is 6.04 Å². The smallest absolute Gasteiger partial charge is 0.234 e. The first-order valence-electron chi connectivity index (χ1n) is 5.47. The Morgan fingerprint density at radius 1 is 1.19 bits per heavy atom. The van der Waals surface area contributed by atoms with Gasteiger partial charge in [-0.05, 0) is 33.8 Å². The van der Waals surface area contributed by atoms with Crippen LogP contribution in [0.15, 0.2) is 24.8 Å². The van der Waals surface area contributed by atoms with Gasteiger partial charge in [-0.1, -0.05) is 0 Å². The minimum absolute atomic E-state index is 0.451. The summed E-state index contributed by atoms with van der Waals surface area (Å²) in [7, 11) is 0. The highest BCUT2D eigenvalue weighted by atomic mass is 15.2. The van der Waals surface area contributed by atoms with E-state index < -0.39 is 0 Å². The van der Waals surface area contributed by atoms with Gasteiger partial charge in [-0.3, -0.25) is 0 Å². The Morgan fingerprint density at radius 2 is 1.81 bits per heavy atom. The molecule has 4 nitrogen and oxygen atoms in total. The van der Waals surface area contributed by atoms with Crippen LogP contribution >= 0.6 is 0 Å². The lowest BCUT2D eigenvalue weighted by molar-refractivity contribution is -0.715. The molecule has 0 N–H and O–H groups in total. The molecule has 2 aromatic rings. The minimum Gasteiger partial charge on any atom is -0.234 e. The lowest BCUT2D eigenvalue weighted by Gasteiger charge is -1.99. The number of aromatic nitrogens is 4. The van der Waals surface area contributed by atoms with Crippen molar-refractivity contribution in [2.45, 2.75) is 33.7 Å². The average Bonchev–Trinajstić information content (AvgIpc) is 2.64. The summed E-state index contributed by atoms with van der Waals surface area (Å²) in [5.74, 6) is 0.733. The van der Waals surface area contributed by atoms with Gasteiger partial charge in [-0.2, -0.15) is 14.5 Å². The van der Waals surface area contributed by atoms with Gasteiger partial charge in [0, 0.05) is 11.4 Å². The summed E-state index contributed by atoms with van der Waals surface area (Å²) in [6.45, 7) is 8.26. The zero-order chi connectivity index (χ0) is 11.7. The van der Waals surface area contributed by atoms with Crippen molar-refractivity contribution in [3.63, 3.8) is 0 Å². The average molecular weight is 217 g/mol. The molecule has 0 aliphatic rings. The van der Waals surface area contributed by atoms with Gasteiger partial charge in [-0.25, -0.2) is 4.57 Å². The normalized spacial score (nSPS) is 11.1. The number of aryl methyl sites for hydroxylation is 2. The topological polar surface area (TPSA) is 34.6 Å².